The Morgan fingerprint density at radius 3 is 2.43 bits per heavy atom. The lowest BCUT2D eigenvalue weighted by Gasteiger charge is -2.26. The molecule has 0 unspecified atom stereocenters. The summed E-state index contributed by atoms with van der Waals surface area (Å²) in [4.78, 5) is 16.1. The minimum absolute atomic E-state index is 0.194. The van der Waals surface area contributed by atoms with Crippen LogP contribution < -0.4 is 14.4 Å². The van der Waals surface area contributed by atoms with Gasteiger partial charge < -0.3 is 14.2 Å². The third kappa shape index (κ3) is 4.61. The summed E-state index contributed by atoms with van der Waals surface area (Å²) in [6.07, 6.45) is -4.84. The minimum Gasteiger partial charge on any atom is -0.494 e. The van der Waals surface area contributed by atoms with Crippen LogP contribution in [0.15, 0.2) is 6.07 Å². The highest BCUT2D eigenvalue weighted by atomic mass is 35.5. The fourth-order valence-electron chi connectivity index (χ4n) is 1.73. The molecule has 1 aromatic rings. The van der Waals surface area contributed by atoms with Gasteiger partial charge in [-0.1, -0.05) is 0 Å². The van der Waals surface area contributed by atoms with E-state index < -0.39 is 36.1 Å². The molecule has 130 valence electrons. The van der Waals surface area contributed by atoms with Crippen molar-refractivity contribution >= 4 is 23.2 Å². The lowest BCUT2D eigenvalue weighted by atomic mass is 10.2. The van der Waals surface area contributed by atoms with Crippen molar-refractivity contribution in [3.8, 4) is 11.6 Å². The van der Waals surface area contributed by atoms with Crippen LogP contribution in [0.4, 0.5) is 18.9 Å². The van der Waals surface area contributed by atoms with E-state index >= 15 is 0 Å². The predicted molar refractivity (Wildman–Crippen MR) is 77.0 cm³/mol. The fraction of sp³-hybridized carbons (Fsp3) is 0.538. The number of alkyl halides is 4. The molecule has 0 radical (unpaired) electrons. The van der Waals surface area contributed by atoms with Crippen LogP contribution in [0, 0.1) is 0 Å². The molecule has 0 aliphatic rings. The number of hydrogen-bond donors (Lipinski definition) is 0. The summed E-state index contributed by atoms with van der Waals surface area (Å²) >= 11 is 5.48. The lowest BCUT2D eigenvalue weighted by Crippen LogP contribution is -2.36. The molecule has 1 rings (SSSR count). The Morgan fingerprint density at radius 1 is 1.35 bits per heavy atom. The summed E-state index contributed by atoms with van der Waals surface area (Å²) in [5.74, 6) is -1.84. The maximum atomic E-state index is 13.3. The molecule has 1 amide bonds. The van der Waals surface area contributed by atoms with E-state index in [-0.39, 0.29) is 18.2 Å². The molecule has 0 aromatic carbocycles. The van der Waals surface area contributed by atoms with E-state index in [9.17, 15) is 18.0 Å². The number of amides is 1. The number of rotatable bonds is 7. The van der Waals surface area contributed by atoms with Gasteiger partial charge in [0, 0.05) is 12.7 Å². The Bertz CT molecular complexity index is 555. The van der Waals surface area contributed by atoms with E-state index in [1.54, 1.807) is 6.92 Å². The van der Waals surface area contributed by atoms with Crippen molar-refractivity contribution in [3.05, 3.63) is 11.8 Å². The van der Waals surface area contributed by atoms with Crippen LogP contribution in [-0.4, -0.2) is 44.3 Å². The number of halogens is 4. The van der Waals surface area contributed by atoms with Crippen molar-refractivity contribution in [3.63, 3.8) is 0 Å². The monoisotopic (exact) mass is 356 g/mol. The summed E-state index contributed by atoms with van der Waals surface area (Å²) in [6, 6.07) is 1.14. The van der Waals surface area contributed by atoms with Gasteiger partial charge in [0.15, 0.2) is 5.69 Å². The molecule has 0 atom stereocenters. The van der Waals surface area contributed by atoms with Crippen LogP contribution in [0.25, 0.3) is 0 Å². The topological polar surface area (TPSA) is 60.9 Å². The molecule has 0 aliphatic carbocycles. The highest BCUT2D eigenvalue weighted by Crippen LogP contribution is 2.42. The number of methoxy groups -OCH3 is 2. The molecule has 0 N–H and O–H groups in total. The average Bonchev–Trinajstić information content (AvgIpc) is 2.53. The van der Waals surface area contributed by atoms with Gasteiger partial charge in [-0.2, -0.15) is 13.2 Å². The van der Waals surface area contributed by atoms with E-state index in [0.29, 0.717) is 0 Å². The number of anilines is 1. The third-order valence-electron chi connectivity index (χ3n) is 2.74. The molecule has 23 heavy (non-hydrogen) atoms. The maximum Gasteiger partial charge on any atom is 0.435 e. The Labute approximate surface area is 136 Å². The molecule has 0 saturated carbocycles. The second-order valence-corrected chi connectivity index (χ2v) is 4.41. The first-order valence-electron chi connectivity index (χ1n) is 6.44. The van der Waals surface area contributed by atoms with Gasteiger partial charge >= 0.3 is 6.18 Å². The summed E-state index contributed by atoms with van der Waals surface area (Å²) in [5, 5.41) is 0. The van der Waals surface area contributed by atoms with Crippen LogP contribution in [0.1, 0.15) is 12.6 Å². The Hall–Kier alpha value is -1.74. The predicted octanol–water partition coefficient (Wildman–Crippen LogP) is 2.68. The molecular formula is C13H16ClF3N2O4. The largest absolute Gasteiger partial charge is 0.494 e. The van der Waals surface area contributed by atoms with Crippen LogP contribution in [0.2, 0.25) is 0 Å². The smallest absolute Gasteiger partial charge is 0.435 e. The van der Waals surface area contributed by atoms with E-state index in [0.717, 1.165) is 11.0 Å². The molecule has 0 spiro atoms. The number of pyridine rings is 1. The zero-order valence-electron chi connectivity index (χ0n) is 12.7. The molecular weight excluding hydrogens is 341 g/mol. The van der Waals surface area contributed by atoms with Crippen molar-refractivity contribution < 1.29 is 32.2 Å². The molecule has 0 aliphatic heterocycles. The van der Waals surface area contributed by atoms with Gasteiger partial charge in [-0.15, -0.1) is 11.6 Å². The SMILES string of the molecule is CCOCN(C(=O)CCl)c1c(OC)cc(OC)nc1C(F)(F)F. The first-order valence-corrected chi connectivity index (χ1v) is 6.97. The van der Waals surface area contributed by atoms with Crippen LogP contribution >= 0.6 is 11.6 Å². The van der Waals surface area contributed by atoms with Gasteiger partial charge in [0.1, 0.15) is 24.0 Å². The summed E-state index contributed by atoms with van der Waals surface area (Å²) in [6.45, 7) is 1.41. The van der Waals surface area contributed by atoms with Gasteiger partial charge in [0.2, 0.25) is 11.8 Å². The Kier molecular flexibility index (Phi) is 6.89. The molecule has 0 saturated heterocycles. The Balaban J connectivity index is 3.58. The van der Waals surface area contributed by atoms with Crippen molar-refractivity contribution in [2.45, 2.75) is 13.1 Å². The summed E-state index contributed by atoms with van der Waals surface area (Å²) in [5.41, 5.74) is -1.90. The van der Waals surface area contributed by atoms with Crippen LogP contribution in [0.5, 0.6) is 11.6 Å². The van der Waals surface area contributed by atoms with Crippen LogP contribution in [0.3, 0.4) is 0 Å². The number of aromatic nitrogens is 1. The van der Waals surface area contributed by atoms with Gasteiger partial charge in [0.25, 0.3) is 0 Å². The third-order valence-corrected chi connectivity index (χ3v) is 2.97. The fourth-order valence-corrected chi connectivity index (χ4v) is 1.87. The number of hydrogen-bond acceptors (Lipinski definition) is 5. The molecule has 6 nitrogen and oxygen atoms in total. The first-order chi connectivity index (χ1) is 10.8. The number of nitrogens with zero attached hydrogens (tertiary/aromatic N) is 2. The highest BCUT2D eigenvalue weighted by molar-refractivity contribution is 6.29. The van der Waals surface area contributed by atoms with Gasteiger partial charge in [-0.3, -0.25) is 9.69 Å². The lowest BCUT2D eigenvalue weighted by molar-refractivity contribution is -0.141. The van der Waals surface area contributed by atoms with Gasteiger partial charge in [-0.05, 0) is 6.92 Å². The van der Waals surface area contributed by atoms with Crippen molar-refractivity contribution in [2.24, 2.45) is 0 Å². The van der Waals surface area contributed by atoms with Crippen LogP contribution in [-0.2, 0) is 15.7 Å². The number of carbonyl (C=O) groups excluding carboxylic acids is 1. The van der Waals surface area contributed by atoms with Crippen molar-refractivity contribution in [1.82, 2.24) is 4.98 Å². The quantitative estimate of drug-likeness (QED) is 0.555. The number of carbonyl (C=O) groups is 1. The molecule has 1 heterocycles. The van der Waals surface area contributed by atoms with Gasteiger partial charge in [-0.25, -0.2) is 4.98 Å². The zero-order valence-corrected chi connectivity index (χ0v) is 13.5. The molecule has 0 fully saturated rings. The second kappa shape index (κ2) is 8.21. The zero-order chi connectivity index (χ0) is 17.6. The van der Waals surface area contributed by atoms with E-state index in [4.69, 9.17) is 25.8 Å². The maximum absolute atomic E-state index is 13.3. The van der Waals surface area contributed by atoms with E-state index in [1.165, 1.54) is 14.2 Å². The normalized spacial score (nSPS) is 11.3. The second-order valence-electron chi connectivity index (χ2n) is 4.14. The highest BCUT2D eigenvalue weighted by Gasteiger charge is 2.40. The summed E-state index contributed by atoms with van der Waals surface area (Å²) < 4.78 is 54.8. The first kappa shape index (κ1) is 19.3. The van der Waals surface area contributed by atoms with Crippen molar-refractivity contribution in [1.29, 1.82) is 0 Å². The molecule has 0 bridgehead atoms. The standard InChI is InChI=1S/C13H16ClF3N2O4/c1-4-23-7-19(10(20)6-14)11-8(21-2)5-9(22-3)18-12(11)13(15,16)17/h5H,4,6-7H2,1-3H3. The Morgan fingerprint density at radius 2 is 2.00 bits per heavy atom. The van der Waals surface area contributed by atoms with E-state index in [1.807, 2.05) is 0 Å². The molecule has 1 aromatic heterocycles. The minimum atomic E-state index is -4.84. The number of ether oxygens (including phenoxy) is 3. The summed E-state index contributed by atoms with van der Waals surface area (Å²) in [7, 11) is 2.34. The average molecular weight is 357 g/mol. The van der Waals surface area contributed by atoms with Gasteiger partial charge in [0.05, 0.1) is 14.2 Å². The molecule has 10 heteroatoms. The van der Waals surface area contributed by atoms with E-state index in [2.05, 4.69) is 4.98 Å². The van der Waals surface area contributed by atoms with Crippen molar-refractivity contribution in [2.75, 3.05) is 38.3 Å².